The number of hydrogen-bond acceptors (Lipinski definition) is 4. The molecular formula is C15H25N3O2S. The first-order chi connectivity index (χ1) is 10.0. The number of sulfonamides is 1. The van der Waals surface area contributed by atoms with Crippen molar-refractivity contribution in [3.63, 3.8) is 0 Å². The van der Waals surface area contributed by atoms with Crippen LogP contribution in [0.4, 0.5) is 5.69 Å². The minimum atomic E-state index is -3.45. The van der Waals surface area contributed by atoms with Crippen molar-refractivity contribution in [1.29, 1.82) is 0 Å². The van der Waals surface area contributed by atoms with E-state index in [0.717, 1.165) is 19.4 Å². The standard InChI is InChI=1S/C15H25N3O2S/c1-2-11-18-21(19,20)14-6-4-3-5-13(14)17-12-15(7-8-15)9-10-16/h3-6,17-18H,2,7-12,16H2,1H3. The van der Waals surface area contributed by atoms with Gasteiger partial charge in [-0.15, -0.1) is 0 Å². The zero-order valence-electron chi connectivity index (χ0n) is 12.6. The van der Waals surface area contributed by atoms with Crippen molar-refractivity contribution in [2.24, 2.45) is 11.1 Å². The Morgan fingerprint density at radius 1 is 1.29 bits per heavy atom. The van der Waals surface area contributed by atoms with Crippen LogP contribution >= 0.6 is 0 Å². The van der Waals surface area contributed by atoms with E-state index in [9.17, 15) is 8.42 Å². The van der Waals surface area contributed by atoms with Crippen molar-refractivity contribution in [3.8, 4) is 0 Å². The van der Waals surface area contributed by atoms with E-state index < -0.39 is 10.0 Å². The van der Waals surface area contributed by atoms with Gasteiger partial charge in [0.1, 0.15) is 4.90 Å². The fraction of sp³-hybridized carbons (Fsp3) is 0.600. The zero-order valence-corrected chi connectivity index (χ0v) is 13.4. The van der Waals surface area contributed by atoms with Gasteiger partial charge in [-0.1, -0.05) is 19.1 Å². The highest BCUT2D eigenvalue weighted by atomic mass is 32.2. The highest BCUT2D eigenvalue weighted by Crippen LogP contribution is 2.48. The van der Waals surface area contributed by atoms with Crippen molar-refractivity contribution >= 4 is 15.7 Å². The summed E-state index contributed by atoms with van der Waals surface area (Å²) in [6, 6.07) is 7.06. The quantitative estimate of drug-likeness (QED) is 0.650. The molecule has 1 fully saturated rings. The molecule has 0 unspecified atom stereocenters. The van der Waals surface area contributed by atoms with Gasteiger partial charge in [-0.25, -0.2) is 13.1 Å². The smallest absolute Gasteiger partial charge is 0.242 e. The molecule has 0 aliphatic heterocycles. The van der Waals surface area contributed by atoms with Crippen molar-refractivity contribution in [2.45, 2.75) is 37.5 Å². The van der Waals surface area contributed by atoms with Gasteiger partial charge < -0.3 is 11.1 Å². The topological polar surface area (TPSA) is 84.2 Å². The highest BCUT2D eigenvalue weighted by Gasteiger charge is 2.41. The summed E-state index contributed by atoms with van der Waals surface area (Å²) in [5.74, 6) is 0. The summed E-state index contributed by atoms with van der Waals surface area (Å²) >= 11 is 0. The third-order valence-electron chi connectivity index (χ3n) is 4.00. The molecule has 1 aliphatic rings. The molecule has 0 atom stereocenters. The monoisotopic (exact) mass is 311 g/mol. The van der Waals surface area contributed by atoms with Gasteiger partial charge in [0.25, 0.3) is 0 Å². The summed E-state index contributed by atoms with van der Waals surface area (Å²) in [5, 5.41) is 3.31. The Labute approximate surface area is 127 Å². The molecule has 0 saturated heterocycles. The second kappa shape index (κ2) is 6.77. The summed E-state index contributed by atoms with van der Waals surface area (Å²) in [4.78, 5) is 0.321. The molecule has 1 aromatic carbocycles. The lowest BCUT2D eigenvalue weighted by Crippen LogP contribution is -2.26. The van der Waals surface area contributed by atoms with Crippen molar-refractivity contribution < 1.29 is 8.42 Å². The molecule has 1 aliphatic carbocycles. The van der Waals surface area contributed by atoms with Crippen LogP contribution in [0.15, 0.2) is 29.2 Å². The molecule has 0 aromatic heterocycles. The van der Waals surface area contributed by atoms with Gasteiger partial charge in [0.2, 0.25) is 10.0 Å². The van der Waals surface area contributed by atoms with E-state index in [-0.39, 0.29) is 5.41 Å². The summed E-state index contributed by atoms with van der Waals surface area (Å²) in [5.41, 5.74) is 6.58. The minimum absolute atomic E-state index is 0.266. The molecule has 6 heteroatoms. The van der Waals surface area contributed by atoms with Crippen molar-refractivity contribution in [3.05, 3.63) is 24.3 Å². The van der Waals surface area contributed by atoms with Gasteiger partial charge in [-0.3, -0.25) is 0 Å². The lowest BCUT2D eigenvalue weighted by molar-refractivity contribution is 0.500. The van der Waals surface area contributed by atoms with Crippen LogP contribution in [0.1, 0.15) is 32.6 Å². The van der Waals surface area contributed by atoms with Gasteiger partial charge in [0.15, 0.2) is 0 Å². The van der Waals surface area contributed by atoms with Gasteiger partial charge >= 0.3 is 0 Å². The molecule has 2 rings (SSSR count). The summed E-state index contributed by atoms with van der Waals surface area (Å²) < 4.78 is 27.2. The Balaban J connectivity index is 2.10. The van der Waals surface area contributed by atoms with Crippen LogP contribution in [0.3, 0.4) is 0 Å². The zero-order chi connectivity index (χ0) is 15.3. The number of hydrogen-bond donors (Lipinski definition) is 3. The van der Waals surface area contributed by atoms with Crippen LogP contribution in [0.2, 0.25) is 0 Å². The average molecular weight is 311 g/mol. The third-order valence-corrected chi connectivity index (χ3v) is 5.52. The van der Waals surface area contributed by atoms with E-state index >= 15 is 0 Å². The molecular weight excluding hydrogens is 286 g/mol. The van der Waals surface area contributed by atoms with E-state index in [2.05, 4.69) is 10.0 Å². The van der Waals surface area contributed by atoms with Gasteiger partial charge in [-0.2, -0.15) is 0 Å². The normalized spacial score (nSPS) is 16.7. The maximum absolute atomic E-state index is 12.3. The molecule has 21 heavy (non-hydrogen) atoms. The molecule has 1 aromatic rings. The van der Waals surface area contributed by atoms with Crippen LogP contribution in [-0.2, 0) is 10.0 Å². The fourth-order valence-electron chi connectivity index (χ4n) is 2.44. The lowest BCUT2D eigenvalue weighted by atomic mass is 10.0. The molecule has 5 nitrogen and oxygen atoms in total. The molecule has 0 amide bonds. The molecule has 118 valence electrons. The number of rotatable bonds is 9. The largest absolute Gasteiger partial charge is 0.383 e. The Morgan fingerprint density at radius 2 is 2.00 bits per heavy atom. The summed E-state index contributed by atoms with van der Waals surface area (Å²) in [6.07, 6.45) is 4.10. The maximum Gasteiger partial charge on any atom is 0.242 e. The number of nitrogens with one attached hydrogen (secondary N) is 2. The predicted octanol–water partition coefficient (Wildman–Crippen LogP) is 1.92. The van der Waals surface area contributed by atoms with Gasteiger partial charge in [0, 0.05) is 13.1 Å². The number of benzene rings is 1. The predicted molar refractivity (Wildman–Crippen MR) is 85.7 cm³/mol. The first-order valence-electron chi connectivity index (χ1n) is 7.56. The first-order valence-corrected chi connectivity index (χ1v) is 9.04. The van der Waals surface area contributed by atoms with Crippen LogP contribution in [0, 0.1) is 5.41 Å². The summed E-state index contributed by atoms with van der Waals surface area (Å²) in [7, 11) is -3.45. The fourth-order valence-corrected chi connectivity index (χ4v) is 3.76. The number of para-hydroxylation sites is 1. The Kier molecular flexibility index (Phi) is 5.24. The molecule has 0 bridgehead atoms. The molecule has 1 saturated carbocycles. The Morgan fingerprint density at radius 3 is 2.62 bits per heavy atom. The van der Waals surface area contributed by atoms with Crippen LogP contribution in [-0.4, -0.2) is 28.1 Å². The Hall–Kier alpha value is -1.11. The van der Waals surface area contributed by atoms with E-state index in [1.54, 1.807) is 12.1 Å². The highest BCUT2D eigenvalue weighted by molar-refractivity contribution is 7.89. The van der Waals surface area contributed by atoms with E-state index in [4.69, 9.17) is 5.73 Å². The van der Waals surface area contributed by atoms with E-state index in [1.807, 2.05) is 19.1 Å². The van der Waals surface area contributed by atoms with Crippen LogP contribution < -0.4 is 15.8 Å². The number of nitrogens with two attached hydrogens (primary N) is 1. The van der Waals surface area contributed by atoms with Crippen LogP contribution in [0.25, 0.3) is 0 Å². The molecule has 0 radical (unpaired) electrons. The van der Waals surface area contributed by atoms with Crippen molar-refractivity contribution in [2.75, 3.05) is 25.0 Å². The second-order valence-corrected chi connectivity index (χ2v) is 7.52. The van der Waals surface area contributed by atoms with Gasteiger partial charge in [-0.05, 0) is 49.8 Å². The Bertz CT molecular complexity index is 568. The first kappa shape index (κ1) is 16.3. The van der Waals surface area contributed by atoms with Crippen molar-refractivity contribution in [1.82, 2.24) is 4.72 Å². The third kappa shape index (κ3) is 4.18. The molecule has 4 N–H and O–H groups in total. The van der Waals surface area contributed by atoms with E-state index in [1.165, 1.54) is 12.8 Å². The minimum Gasteiger partial charge on any atom is -0.383 e. The molecule has 0 heterocycles. The second-order valence-electron chi connectivity index (χ2n) is 5.79. The molecule has 0 spiro atoms. The lowest BCUT2D eigenvalue weighted by Gasteiger charge is -2.18. The van der Waals surface area contributed by atoms with E-state index in [0.29, 0.717) is 23.7 Å². The van der Waals surface area contributed by atoms with Gasteiger partial charge in [0.05, 0.1) is 5.69 Å². The number of anilines is 1. The summed E-state index contributed by atoms with van der Waals surface area (Å²) in [6.45, 7) is 3.86. The SMILES string of the molecule is CCCNS(=O)(=O)c1ccccc1NCC1(CCN)CC1. The average Bonchev–Trinajstić information content (AvgIpc) is 3.24. The van der Waals surface area contributed by atoms with Crippen LogP contribution in [0.5, 0.6) is 0 Å². The maximum atomic E-state index is 12.3.